The molecule has 0 aliphatic carbocycles. The molecular formula is C11H11Cl2N3O4S. The van der Waals surface area contributed by atoms with Crippen LogP contribution in [0.2, 0.25) is 10.0 Å². The van der Waals surface area contributed by atoms with Gasteiger partial charge >= 0.3 is 0 Å². The number of hydrogen-bond acceptors (Lipinski definition) is 6. The van der Waals surface area contributed by atoms with Crippen LogP contribution in [0.3, 0.4) is 0 Å². The molecular weight excluding hydrogens is 341 g/mol. The fourth-order valence-electron chi connectivity index (χ4n) is 1.54. The summed E-state index contributed by atoms with van der Waals surface area (Å²) in [5, 5.41) is 12.8. The van der Waals surface area contributed by atoms with Gasteiger partial charge in [-0.2, -0.15) is 4.98 Å². The van der Waals surface area contributed by atoms with Crippen LogP contribution in [0.5, 0.6) is 0 Å². The zero-order valence-corrected chi connectivity index (χ0v) is 13.1. The van der Waals surface area contributed by atoms with Crippen LogP contribution in [0.1, 0.15) is 17.3 Å². The lowest BCUT2D eigenvalue weighted by Gasteiger charge is -2.09. The summed E-state index contributed by atoms with van der Waals surface area (Å²) >= 11 is 11.7. The number of benzene rings is 1. The van der Waals surface area contributed by atoms with E-state index in [9.17, 15) is 8.42 Å². The van der Waals surface area contributed by atoms with Gasteiger partial charge in [-0.15, -0.1) is 0 Å². The third-order valence-electron chi connectivity index (χ3n) is 2.54. The lowest BCUT2D eigenvalue weighted by atomic mass is 10.2. The molecule has 7 nitrogen and oxygen atoms in total. The SMILES string of the molecule is Cc1noc(CNS(=O)(=O)c2cc(CO)c(Cl)cc2Cl)n1. The van der Waals surface area contributed by atoms with E-state index in [2.05, 4.69) is 14.9 Å². The number of halogens is 2. The molecule has 1 aromatic carbocycles. The van der Waals surface area contributed by atoms with E-state index in [0.29, 0.717) is 5.82 Å². The number of nitrogens with zero attached hydrogens (tertiary/aromatic N) is 2. The highest BCUT2D eigenvalue weighted by Gasteiger charge is 2.21. The Morgan fingerprint density at radius 2 is 2.05 bits per heavy atom. The van der Waals surface area contributed by atoms with Gasteiger partial charge in [-0.1, -0.05) is 28.4 Å². The number of hydrogen-bond donors (Lipinski definition) is 2. The van der Waals surface area contributed by atoms with Crippen LogP contribution in [0.15, 0.2) is 21.6 Å². The smallest absolute Gasteiger partial charge is 0.242 e. The number of nitrogens with one attached hydrogen (secondary N) is 1. The Labute approximate surface area is 130 Å². The Morgan fingerprint density at radius 3 is 2.62 bits per heavy atom. The topological polar surface area (TPSA) is 105 Å². The van der Waals surface area contributed by atoms with Crippen molar-refractivity contribution in [1.82, 2.24) is 14.9 Å². The van der Waals surface area contributed by atoms with Crippen LogP contribution in [-0.2, 0) is 23.2 Å². The molecule has 114 valence electrons. The van der Waals surface area contributed by atoms with E-state index in [1.54, 1.807) is 6.92 Å². The standard InChI is InChI=1S/C11H11Cl2N3O4S/c1-6-15-11(20-16-6)4-14-21(18,19)10-2-7(5-17)8(12)3-9(10)13/h2-3,14,17H,4-5H2,1H3. The molecule has 0 radical (unpaired) electrons. The van der Waals surface area contributed by atoms with E-state index < -0.39 is 16.6 Å². The van der Waals surface area contributed by atoms with E-state index in [1.165, 1.54) is 12.1 Å². The number of rotatable bonds is 5. The molecule has 0 bridgehead atoms. The van der Waals surface area contributed by atoms with E-state index in [4.69, 9.17) is 32.8 Å². The van der Waals surface area contributed by atoms with Gasteiger partial charge in [0.15, 0.2) is 5.82 Å². The first-order chi connectivity index (χ1) is 9.83. The van der Waals surface area contributed by atoms with Gasteiger partial charge in [0, 0.05) is 5.02 Å². The van der Waals surface area contributed by atoms with Crippen LogP contribution in [0, 0.1) is 6.92 Å². The van der Waals surface area contributed by atoms with Crippen molar-refractivity contribution in [3.05, 3.63) is 39.5 Å². The third-order valence-corrected chi connectivity index (χ3v) is 4.76. The minimum absolute atomic E-state index is 0.0496. The second-order valence-electron chi connectivity index (χ2n) is 4.09. The average Bonchev–Trinajstić information content (AvgIpc) is 2.82. The van der Waals surface area contributed by atoms with Crippen molar-refractivity contribution in [2.75, 3.05) is 0 Å². The molecule has 0 spiro atoms. The monoisotopic (exact) mass is 351 g/mol. The normalized spacial score (nSPS) is 11.8. The van der Waals surface area contributed by atoms with Gasteiger partial charge in [-0.3, -0.25) is 0 Å². The molecule has 2 N–H and O–H groups in total. The first kappa shape index (κ1) is 16.2. The minimum atomic E-state index is -3.91. The second kappa shape index (κ2) is 6.29. The van der Waals surface area contributed by atoms with Gasteiger partial charge in [0.1, 0.15) is 4.90 Å². The van der Waals surface area contributed by atoms with Crippen molar-refractivity contribution in [3.8, 4) is 0 Å². The molecule has 0 saturated carbocycles. The highest BCUT2D eigenvalue weighted by molar-refractivity contribution is 7.89. The van der Waals surface area contributed by atoms with E-state index in [1.807, 2.05) is 0 Å². The molecule has 0 saturated heterocycles. The van der Waals surface area contributed by atoms with Gasteiger partial charge in [-0.05, 0) is 24.6 Å². The Hall–Kier alpha value is -1.19. The summed E-state index contributed by atoms with van der Waals surface area (Å²) in [6, 6.07) is 2.48. The Morgan fingerprint density at radius 1 is 1.33 bits per heavy atom. The van der Waals surface area contributed by atoms with Crippen molar-refractivity contribution >= 4 is 33.2 Å². The Bertz CT molecular complexity index is 761. The van der Waals surface area contributed by atoms with E-state index in [0.717, 1.165) is 0 Å². The van der Waals surface area contributed by atoms with Crippen molar-refractivity contribution in [2.45, 2.75) is 25.0 Å². The molecule has 2 rings (SSSR count). The number of sulfonamides is 1. The molecule has 0 fully saturated rings. The second-order valence-corrected chi connectivity index (χ2v) is 6.64. The zero-order chi connectivity index (χ0) is 15.6. The Balaban J connectivity index is 2.27. The molecule has 0 aliphatic heterocycles. The number of aromatic nitrogens is 2. The van der Waals surface area contributed by atoms with Crippen LogP contribution in [0.4, 0.5) is 0 Å². The van der Waals surface area contributed by atoms with Crippen LogP contribution in [0.25, 0.3) is 0 Å². The molecule has 0 aliphatic rings. The summed E-state index contributed by atoms with van der Waals surface area (Å²) in [4.78, 5) is 3.69. The number of aryl methyl sites for hydroxylation is 1. The first-order valence-electron chi connectivity index (χ1n) is 5.71. The summed E-state index contributed by atoms with van der Waals surface area (Å²) < 4.78 is 31.5. The average molecular weight is 352 g/mol. The molecule has 1 aromatic heterocycles. The summed E-state index contributed by atoms with van der Waals surface area (Å²) in [6.07, 6.45) is 0. The highest BCUT2D eigenvalue weighted by Crippen LogP contribution is 2.28. The maximum absolute atomic E-state index is 12.2. The summed E-state index contributed by atoms with van der Waals surface area (Å²) in [5.74, 6) is 0.528. The lowest BCUT2D eigenvalue weighted by molar-refractivity contribution is 0.281. The third kappa shape index (κ3) is 3.72. The van der Waals surface area contributed by atoms with Gasteiger partial charge < -0.3 is 9.63 Å². The molecule has 21 heavy (non-hydrogen) atoms. The fraction of sp³-hybridized carbons (Fsp3) is 0.273. The summed E-state index contributed by atoms with van der Waals surface area (Å²) in [5.41, 5.74) is 0.259. The predicted octanol–water partition coefficient (Wildman–Crippen LogP) is 1.66. The highest BCUT2D eigenvalue weighted by atomic mass is 35.5. The molecule has 1 heterocycles. The maximum atomic E-state index is 12.2. The Kier molecular flexibility index (Phi) is 4.84. The number of aliphatic hydroxyl groups is 1. The predicted molar refractivity (Wildman–Crippen MR) is 75.4 cm³/mol. The first-order valence-corrected chi connectivity index (χ1v) is 7.95. The van der Waals surface area contributed by atoms with Gasteiger partial charge in [0.05, 0.1) is 18.2 Å². The van der Waals surface area contributed by atoms with E-state index in [-0.39, 0.29) is 32.9 Å². The van der Waals surface area contributed by atoms with Crippen molar-refractivity contribution in [3.63, 3.8) is 0 Å². The van der Waals surface area contributed by atoms with E-state index >= 15 is 0 Å². The van der Waals surface area contributed by atoms with Crippen molar-refractivity contribution in [1.29, 1.82) is 0 Å². The molecule has 0 unspecified atom stereocenters. The fourth-order valence-corrected chi connectivity index (χ4v) is 3.37. The van der Waals surface area contributed by atoms with Crippen molar-refractivity contribution < 1.29 is 18.0 Å². The maximum Gasteiger partial charge on any atom is 0.242 e. The lowest BCUT2D eigenvalue weighted by Crippen LogP contribution is -2.24. The largest absolute Gasteiger partial charge is 0.392 e. The van der Waals surface area contributed by atoms with Gasteiger partial charge in [0.2, 0.25) is 15.9 Å². The van der Waals surface area contributed by atoms with Crippen LogP contribution in [-0.4, -0.2) is 23.7 Å². The van der Waals surface area contributed by atoms with Crippen LogP contribution >= 0.6 is 23.2 Å². The van der Waals surface area contributed by atoms with Gasteiger partial charge in [-0.25, -0.2) is 13.1 Å². The number of aliphatic hydroxyl groups excluding tert-OH is 1. The van der Waals surface area contributed by atoms with Gasteiger partial charge in [0.25, 0.3) is 0 Å². The summed E-state index contributed by atoms with van der Waals surface area (Å²) in [6.45, 7) is 1.04. The van der Waals surface area contributed by atoms with Crippen LogP contribution < -0.4 is 4.72 Å². The van der Waals surface area contributed by atoms with Crippen molar-refractivity contribution in [2.24, 2.45) is 0 Å². The molecule has 10 heteroatoms. The minimum Gasteiger partial charge on any atom is -0.392 e. The zero-order valence-electron chi connectivity index (χ0n) is 10.8. The molecule has 2 aromatic rings. The molecule has 0 atom stereocenters. The quantitative estimate of drug-likeness (QED) is 0.848. The summed E-state index contributed by atoms with van der Waals surface area (Å²) in [7, 11) is -3.91. The molecule has 0 amide bonds.